The summed E-state index contributed by atoms with van der Waals surface area (Å²) in [7, 11) is 0. The minimum absolute atomic E-state index is 0.0288. The predicted octanol–water partition coefficient (Wildman–Crippen LogP) is 5.40. The maximum atomic E-state index is 14.3. The smallest absolute Gasteiger partial charge is 0.335 e. The third-order valence-electron chi connectivity index (χ3n) is 11.5. The first-order chi connectivity index (χ1) is 17.9. The molecule has 1 heterocycles. The van der Waals surface area contributed by atoms with Crippen molar-refractivity contribution in [2.75, 3.05) is 4.90 Å². The molecule has 7 nitrogen and oxygen atoms in total. The fourth-order valence-electron chi connectivity index (χ4n) is 9.99. The van der Waals surface area contributed by atoms with E-state index in [9.17, 15) is 29.4 Å². The van der Waals surface area contributed by atoms with E-state index in [0.717, 1.165) is 25.7 Å². The number of anilines is 1. The number of hydrogen-bond donors (Lipinski definition) is 2. The van der Waals surface area contributed by atoms with Crippen LogP contribution in [0.1, 0.15) is 76.6 Å². The van der Waals surface area contributed by atoms with Crippen molar-refractivity contribution < 1.29 is 29.4 Å². The van der Waals surface area contributed by atoms with Crippen LogP contribution in [0.2, 0.25) is 0 Å². The Morgan fingerprint density at radius 2 is 1.76 bits per heavy atom. The van der Waals surface area contributed by atoms with Gasteiger partial charge >= 0.3 is 11.9 Å². The van der Waals surface area contributed by atoms with Crippen molar-refractivity contribution >= 4 is 29.4 Å². The van der Waals surface area contributed by atoms with Crippen LogP contribution in [0.15, 0.2) is 35.9 Å². The Hall–Kier alpha value is -2.96. The molecule has 6 aliphatic rings. The fraction of sp³-hybridized carbons (Fsp3) is 0.613. The molecular formula is C31H37NO6. The number of imide groups is 1. The van der Waals surface area contributed by atoms with Gasteiger partial charge in [-0.3, -0.25) is 14.4 Å². The summed E-state index contributed by atoms with van der Waals surface area (Å²) in [6, 6.07) is 6.10. The number of aliphatic carboxylic acids is 1. The van der Waals surface area contributed by atoms with Gasteiger partial charge < -0.3 is 10.2 Å². The molecule has 3 saturated carbocycles. The Morgan fingerprint density at radius 1 is 1.03 bits per heavy atom. The fourth-order valence-corrected chi connectivity index (χ4v) is 9.99. The van der Waals surface area contributed by atoms with Crippen LogP contribution in [0.4, 0.5) is 5.69 Å². The molecule has 38 heavy (non-hydrogen) atoms. The van der Waals surface area contributed by atoms with Gasteiger partial charge in [-0.25, -0.2) is 9.69 Å². The lowest BCUT2D eigenvalue weighted by atomic mass is 9.34. The summed E-state index contributed by atoms with van der Waals surface area (Å²) in [5, 5.41) is 19.8. The van der Waals surface area contributed by atoms with E-state index in [2.05, 4.69) is 26.8 Å². The first kappa shape index (κ1) is 25.3. The molecule has 0 unspecified atom stereocenters. The standard InChI is InChI=1S/C31H37NO6/c1-16(2)20-15-31-12-9-21-29(3,10-6-11-30(21,4)28(37)38)22(31)14-19(20)23-24(31)26(34)32(25(23)33)18-8-5-7-17(13-18)27(35)36/h5,7-8,13,15-16,19,21-24H,6,9-12,14H2,1-4H3,(H,35,36)(H,37,38)/t19-,21-,22-,23-,24+,29+,30-,31+/m1/s1. The molecule has 4 fully saturated rings. The molecule has 5 aliphatic carbocycles. The topological polar surface area (TPSA) is 112 Å². The third-order valence-corrected chi connectivity index (χ3v) is 11.5. The minimum atomic E-state index is -1.10. The number of allylic oxidation sites excluding steroid dienone is 2. The van der Waals surface area contributed by atoms with Crippen LogP contribution in [0.25, 0.3) is 0 Å². The molecule has 1 saturated heterocycles. The highest BCUT2D eigenvalue weighted by atomic mass is 16.4. The molecule has 202 valence electrons. The van der Waals surface area contributed by atoms with E-state index in [-0.39, 0.29) is 46.5 Å². The Kier molecular flexibility index (Phi) is 5.35. The Bertz CT molecular complexity index is 1300. The van der Waals surface area contributed by atoms with Crippen LogP contribution in [0.5, 0.6) is 0 Å². The summed E-state index contributed by atoms with van der Waals surface area (Å²) in [6.07, 6.45) is 7.05. The summed E-state index contributed by atoms with van der Waals surface area (Å²) in [4.78, 5) is 53.8. The maximum Gasteiger partial charge on any atom is 0.335 e. The number of amides is 2. The molecule has 0 radical (unpaired) electrons. The number of fused-ring (bicyclic) bond motifs is 1. The molecule has 2 N–H and O–H groups in total. The van der Waals surface area contributed by atoms with Gasteiger partial charge in [0, 0.05) is 5.41 Å². The van der Waals surface area contributed by atoms with Crippen LogP contribution in [0, 0.1) is 51.8 Å². The molecule has 1 aliphatic heterocycles. The molecule has 8 atom stereocenters. The molecule has 2 bridgehead atoms. The second-order valence-electron chi connectivity index (χ2n) is 13.4. The second kappa shape index (κ2) is 8.03. The summed E-state index contributed by atoms with van der Waals surface area (Å²) in [5.41, 5.74) is 0.112. The van der Waals surface area contributed by atoms with Crippen LogP contribution in [-0.2, 0) is 14.4 Å². The molecule has 7 rings (SSSR count). The number of carboxylic acids is 2. The summed E-state index contributed by atoms with van der Waals surface area (Å²) in [5.74, 6) is -2.89. The van der Waals surface area contributed by atoms with Crippen molar-refractivity contribution in [3.8, 4) is 0 Å². The van der Waals surface area contributed by atoms with E-state index in [1.807, 2.05) is 6.92 Å². The molecule has 7 heteroatoms. The zero-order valence-electron chi connectivity index (χ0n) is 22.6. The van der Waals surface area contributed by atoms with Gasteiger partial charge in [0.2, 0.25) is 11.8 Å². The largest absolute Gasteiger partial charge is 0.481 e. The van der Waals surface area contributed by atoms with Crippen molar-refractivity contribution in [1.82, 2.24) is 0 Å². The number of rotatable bonds is 4. The number of aromatic carboxylic acids is 1. The van der Waals surface area contributed by atoms with E-state index < -0.39 is 34.6 Å². The van der Waals surface area contributed by atoms with Crippen LogP contribution in [0.3, 0.4) is 0 Å². The predicted molar refractivity (Wildman–Crippen MR) is 140 cm³/mol. The highest BCUT2D eigenvalue weighted by Crippen LogP contribution is 2.74. The zero-order chi connectivity index (χ0) is 27.4. The van der Waals surface area contributed by atoms with Crippen LogP contribution in [-0.4, -0.2) is 34.0 Å². The van der Waals surface area contributed by atoms with E-state index in [4.69, 9.17) is 0 Å². The summed E-state index contributed by atoms with van der Waals surface area (Å²) >= 11 is 0. The maximum absolute atomic E-state index is 14.3. The van der Waals surface area contributed by atoms with Gasteiger partial charge in [0.25, 0.3) is 0 Å². The van der Waals surface area contributed by atoms with E-state index in [1.165, 1.54) is 22.6 Å². The highest BCUT2D eigenvalue weighted by molar-refractivity contribution is 6.23. The third kappa shape index (κ3) is 3.02. The van der Waals surface area contributed by atoms with Crippen molar-refractivity contribution in [1.29, 1.82) is 0 Å². The Morgan fingerprint density at radius 3 is 2.42 bits per heavy atom. The average Bonchev–Trinajstić information content (AvgIpc) is 3.15. The lowest BCUT2D eigenvalue weighted by Gasteiger charge is -2.68. The summed E-state index contributed by atoms with van der Waals surface area (Å²) in [6.45, 7) is 8.48. The monoisotopic (exact) mass is 519 g/mol. The molecule has 2 amide bonds. The zero-order valence-corrected chi connectivity index (χ0v) is 22.6. The van der Waals surface area contributed by atoms with Crippen molar-refractivity contribution in [2.24, 2.45) is 51.8 Å². The van der Waals surface area contributed by atoms with Crippen LogP contribution >= 0.6 is 0 Å². The molecule has 1 aromatic carbocycles. The van der Waals surface area contributed by atoms with Gasteiger partial charge in [0.15, 0.2) is 0 Å². The summed E-state index contributed by atoms with van der Waals surface area (Å²) < 4.78 is 0. The lowest BCUT2D eigenvalue weighted by Crippen LogP contribution is -2.65. The number of carboxylic acid groups (broad SMARTS) is 2. The normalized spacial score (nSPS) is 41.4. The van der Waals surface area contributed by atoms with E-state index in [0.29, 0.717) is 18.5 Å². The highest BCUT2D eigenvalue weighted by Gasteiger charge is 2.73. The van der Waals surface area contributed by atoms with Crippen molar-refractivity contribution in [2.45, 2.75) is 66.2 Å². The van der Waals surface area contributed by atoms with Gasteiger partial charge in [-0.1, -0.05) is 44.9 Å². The minimum Gasteiger partial charge on any atom is -0.481 e. The van der Waals surface area contributed by atoms with Crippen molar-refractivity contribution in [3.05, 3.63) is 41.5 Å². The molecular weight excluding hydrogens is 482 g/mol. The lowest BCUT2D eigenvalue weighted by molar-refractivity contribution is -0.194. The van der Waals surface area contributed by atoms with Gasteiger partial charge in [-0.05, 0) is 86.3 Å². The number of carbonyl (C=O) groups excluding carboxylic acids is 2. The van der Waals surface area contributed by atoms with E-state index >= 15 is 0 Å². The second-order valence-corrected chi connectivity index (χ2v) is 13.4. The first-order valence-electron chi connectivity index (χ1n) is 14.0. The van der Waals surface area contributed by atoms with E-state index in [1.54, 1.807) is 12.1 Å². The van der Waals surface area contributed by atoms with Gasteiger partial charge in [0.1, 0.15) is 0 Å². The number of hydrogen-bond acceptors (Lipinski definition) is 4. The number of nitrogens with zero attached hydrogens (tertiary/aromatic N) is 1. The molecule has 1 spiro atoms. The first-order valence-corrected chi connectivity index (χ1v) is 14.0. The van der Waals surface area contributed by atoms with Crippen LogP contribution < -0.4 is 4.90 Å². The van der Waals surface area contributed by atoms with Gasteiger partial charge in [-0.15, -0.1) is 0 Å². The Labute approximate surface area is 223 Å². The number of carbonyl (C=O) groups is 4. The molecule has 1 aromatic rings. The number of benzene rings is 1. The SMILES string of the molecule is CC(C)C1=C[C@@]23CC[C@@H]4[C@](C)(CCC[C@@]4(C)C(=O)O)[C@H]2C[C@H]1[C@H]1C(=O)N(c2cccc(C(=O)O)c2)C(=O)[C@H]13. The quantitative estimate of drug-likeness (QED) is 0.407. The Balaban J connectivity index is 1.48. The molecule has 0 aromatic heterocycles. The van der Waals surface area contributed by atoms with Crippen molar-refractivity contribution in [3.63, 3.8) is 0 Å². The van der Waals surface area contributed by atoms with Gasteiger partial charge in [-0.2, -0.15) is 0 Å². The average molecular weight is 520 g/mol. The van der Waals surface area contributed by atoms with Gasteiger partial charge in [0.05, 0.1) is 28.5 Å².